The highest BCUT2D eigenvalue weighted by atomic mass is 16.2. The van der Waals surface area contributed by atoms with Crippen molar-refractivity contribution in [2.45, 2.75) is 83.1 Å². The van der Waals surface area contributed by atoms with Crippen molar-refractivity contribution in [3.63, 3.8) is 0 Å². The number of carbonyl (C=O) groups excluding carboxylic acids is 2. The van der Waals surface area contributed by atoms with Crippen molar-refractivity contribution >= 4 is 11.9 Å². The van der Waals surface area contributed by atoms with Crippen LogP contribution in [-0.4, -0.2) is 67.0 Å². The Morgan fingerprint density at radius 3 is 2.11 bits per heavy atom. The summed E-state index contributed by atoms with van der Waals surface area (Å²) in [7, 11) is 0. The average molecular weight is 393 g/mol. The predicted molar refractivity (Wildman–Crippen MR) is 112 cm³/mol. The first kappa shape index (κ1) is 21.4. The van der Waals surface area contributed by atoms with Gasteiger partial charge >= 0.3 is 6.03 Å². The van der Waals surface area contributed by atoms with E-state index in [1.807, 2.05) is 4.90 Å². The van der Waals surface area contributed by atoms with Crippen LogP contribution in [-0.2, 0) is 4.79 Å². The molecule has 2 heterocycles. The molecular weight excluding hydrogens is 352 g/mol. The summed E-state index contributed by atoms with van der Waals surface area (Å²) in [6.45, 7) is 5.66. The molecule has 0 aromatic carbocycles. The minimum atomic E-state index is 0.104. The van der Waals surface area contributed by atoms with Gasteiger partial charge in [-0.1, -0.05) is 32.1 Å². The molecule has 0 aromatic rings. The molecule has 0 spiro atoms. The van der Waals surface area contributed by atoms with Crippen molar-refractivity contribution in [3.8, 4) is 0 Å². The van der Waals surface area contributed by atoms with Gasteiger partial charge in [0.2, 0.25) is 5.91 Å². The van der Waals surface area contributed by atoms with Crippen LogP contribution in [0.15, 0.2) is 0 Å². The maximum Gasteiger partial charge on any atom is 0.317 e. The second-order valence-corrected chi connectivity index (χ2v) is 9.02. The van der Waals surface area contributed by atoms with Gasteiger partial charge in [0.1, 0.15) is 0 Å². The van der Waals surface area contributed by atoms with Gasteiger partial charge in [0.25, 0.3) is 0 Å². The molecule has 0 radical (unpaired) electrons. The van der Waals surface area contributed by atoms with E-state index < -0.39 is 0 Å². The maximum absolute atomic E-state index is 12.4. The summed E-state index contributed by atoms with van der Waals surface area (Å²) in [5, 5.41) is 6.32. The minimum Gasteiger partial charge on any atom is -0.355 e. The average Bonchev–Trinajstić information content (AvgIpc) is 2.98. The van der Waals surface area contributed by atoms with E-state index in [-0.39, 0.29) is 11.9 Å². The van der Waals surface area contributed by atoms with Crippen LogP contribution in [0.25, 0.3) is 0 Å². The fraction of sp³-hybridized carbons (Fsp3) is 0.909. The number of likely N-dealkylation sites (tertiary alicyclic amines) is 2. The molecule has 0 bridgehead atoms. The molecule has 2 aliphatic heterocycles. The van der Waals surface area contributed by atoms with Crippen LogP contribution >= 0.6 is 0 Å². The summed E-state index contributed by atoms with van der Waals surface area (Å²) in [5.74, 6) is 0.594. The molecule has 2 saturated heterocycles. The Morgan fingerprint density at radius 2 is 1.43 bits per heavy atom. The van der Waals surface area contributed by atoms with Crippen molar-refractivity contribution in [3.05, 3.63) is 0 Å². The second kappa shape index (κ2) is 11.6. The molecule has 0 unspecified atom stereocenters. The molecule has 0 aromatic heterocycles. The summed E-state index contributed by atoms with van der Waals surface area (Å²) in [6.07, 6.45) is 13.8. The van der Waals surface area contributed by atoms with E-state index in [9.17, 15) is 9.59 Å². The summed E-state index contributed by atoms with van der Waals surface area (Å²) in [4.78, 5) is 29.1. The standard InChI is InChI=1S/C22H40N4O2/c27-21(23-12-17-25-13-6-1-2-7-14-25)18-19-10-15-26(16-11-19)22(28)24-20-8-4-3-5-9-20/h19-20H,1-18H2,(H,23,27)(H,24,28). The molecule has 0 atom stereocenters. The van der Waals surface area contributed by atoms with Crippen molar-refractivity contribution < 1.29 is 9.59 Å². The number of urea groups is 1. The number of piperidine rings is 1. The molecule has 3 amide bonds. The highest BCUT2D eigenvalue weighted by molar-refractivity contribution is 5.76. The molecule has 160 valence electrons. The minimum absolute atomic E-state index is 0.104. The maximum atomic E-state index is 12.4. The van der Waals surface area contributed by atoms with Gasteiger partial charge in [0, 0.05) is 38.6 Å². The highest BCUT2D eigenvalue weighted by Gasteiger charge is 2.26. The van der Waals surface area contributed by atoms with E-state index >= 15 is 0 Å². The fourth-order valence-corrected chi connectivity index (χ4v) is 4.90. The van der Waals surface area contributed by atoms with Crippen molar-refractivity contribution in [2.24, 2.45) is 5.92 Å². The van der Waals surface area contributed by atoms with E-state index in [0.29, 0.717) is 18.4 Å². The summed E-state index contributed by atoms with van der Waals surface area (Å²) < 4.78 is 0. The highest BCUT2D eigenvalue weighted by Crippen LogP contribution is 2.22. The lowest BCUT2D eigenvalue weighted by molar-refractivity contribution is -0.122. The van der Waals surface area contributed by atoms with Crippen molar-refractivity contribution in [1.82, 2.24) is 20.4 Å². The van der Waals surface area contributed by atoms with Crippen LogP contribution in [0.2, 0.25) is 0 Å². The number of hydrogen-bond donors (Lipinski definition) is 2. The Hall–Kier alpha value is -1.30. The first-order valence-electron chi connectivity index (χ1n) is 11.8. The molecule has 1 aliphatic carbocycles. The topological polar surface area (TPSA) is 64.7 Å². The Morgan fingerprint density at radius 1 is 0.786 bits per heavy atom. The zero-order valence-electron chi connectivity index (χ0n) is 17.6. The smallest absolute Gasteiger partial charge is 0.317 e. The third kappa shape index (κ3) is 7.26. The van der Waals surface area contributed by atoms with E-state index in [4.69, 9.17) is 0 Å². The zero-order valence-corrected chi connectivity index (χ0v) is 17.6. The first-order chi connectivity index (χ1) is 13.7. The lowest BCUT2D eigenvalue weighted by Crippen LogP contribution is -2.48. The summed E-state index contributed by atoms with van der Waals surface area (Å²) >= 11 is 0. The lowest BCUT2D eigenvalue weighted by atomic mass is 9.93. The Balaban J connectivity index is 1.27. The Labute approximate surface area is 170 Å². The van der Waals surface area contributed by atoms with Crippen molar-refractivity contribution in [2.75, 3.05) is 39.3 Å². The largest absolute Gasteiger partial charge is 0.355 e. The number of nitrogens with zero attached hydrogens (tertiary/aromatic N) is 2. The molecular formula is C22H40N4O2. The quantitative estimate of drug-likeness (QED) is 0.730. The third-order valence-electron chi connectivity index (χ3n) is 6.76. The fourth-order valence-electron chi connectivity index (χ4n) is 4.90. The molecule has 2 N–H and O–H groups in total. The second-order valence-electron chi connectivity index (χ2n) is 9.02. The zero-order chi connectivity index (χ0) is 19.6. The molecule has 3 aliphatic rings. The van der Waals surface area contributed by atoms with Crippen LogP contribution < -0.4 is 10.6 Å². The van der Waals surface area contributed by atoms with Gasteiger partial charge in [-0.15, -0.1) is 0 Å². The van der Waals surface area contributed by atoms with Gasteiger partial charge < -0.3 is 20.4 Å². The molecule has 6 nitrogen and oxygen atoms in total. The first-order valence-corrected chi connectivity index (χ1v) is 11.8. The SMILES string of the molecule is O=C(CC1CCN(C(=O)NC2CCCCC2)CC1)NCCN1CCCCCC1. The molecule has 28 heavy (non-hydrogen) atoms. The van der Waals surface area contributed by atoms with Gasteiger partial charge in [0.15, 0.2) is 0 Å². The molecule has 3 rings (SSSR count). The van der Waals surface area contributed by atoms with E-state index in [1.165, 1.54) is 58.0 Å². The van der Waals surface area contributed by atoms with Crippen LogP contribution in [0, 0.1) is 5.92 Å². The third-order valence-corrected chi connectivity index (χ3v) is 6.76. The normalized spacial score (nSPS) is 23.2. The lowest BCUT2D eigenvalue weighted by Gasteiger charge is -2.33. The van der Waals surface area contributed by atoms with Gasteiger partial charge in [-0.2, -0.15) is 0 Å². The van der Waals surface area contributed by atoms with Gasteiger partial charge in [-0.05, 0) is 57.5 Å². The monoisotopic (exact) mass is 392 g/mol. The number of rotatable bonds is 6. The summed E-state index contributed by atoms with van der Waals surface area (Å²) in [6, 6.07) is 0.473. The van der Waals surface area contributed by atoms with Gasteiger partial charge in [0.05, 0.1) is 0 Å². The Bertz CT molecular complexity index is 477. The van der Waals surface area contributed by atoms with Crippen LogP contribution in [0.1, 0.15) is 77.0 Å². The van der Waals surface area contributed by atoms with Gasteiger partial charge in [-0.25, -0.2) is 4.79 Å². The predicted octanol–water partition coefficient (Wildman–Crippen LogP) is 3.12. The number of hydrogen-bond acceptors (Lipinski definition) is 3. The number of nitrogens with one attached hydrogen (secondary N) is 2. The van der Waals surface area contributed by atoms with Crippen LogP contribution in [0.4, 0.5) is 4.79 Å². The number of amides is 3. The molecule has 3 fully saturated rings. The Kier molecular flexibility index (Phi) is 8.90. The molecule has 6 heteroatoms. The summed E-state index contributed by atoms with van der Waals surface area (Å²) in [5.41, 5.74) is 0. The van der Waals surface area contributed by atoms with E-state index in [0.717, 1.165) is 51.9 Å². The molecule has 1 saturated carbocycles. The van der Waals surface area contributed by atoms with Gasteiger partial charge in [-0.3, -0.25) is 4.79 Å². The van der Waals surface area contributed by atoms with E-state index in [2.05, 4.69) is 15.5 Å². The van der Waals surface area contributed by atoms with Crippen LogP contribution in [0.3, 0.4) is 0 Å². The van der Waals surface area contributed by atoms with E-state index in [1.54, 1.807) is 0 Å². The van der Waals surface area contributed by atoms with Crippen molar-refractivity contribution in [1.29, 1.82) is 0 Å². The van der Waals surface area contributed by atoms with Crippen LogP contribution in [0.5, 0.6) is 0 Å². The number of carbonyl (C=O) groups is 2.